The van der Waals surface area contributed by atoms with Gasteiger partial charge in [0.1, 0.15) is 5.76 Å². The molecule has 0 aliphatic rings. The minimum Gasteiger partial charge on any atom is -0.506 e. The molecule has 1 aromatic heterocycles. The molecule has 0 amide bonds. The molecule has 0 unspecified atom stereocenters. The van der Waals surface area contributed by atoms with Crippen LogP contribution in [0, 0.1) is 6.92 Å². The van der Waals surface area contributed by atoms with Gasteiger partial charge in [-0.15, -0.1) is 11.3 Å². The Bertz CT molecular complexity index is 417. The van der Waals surface area contributed by atoms with Crippen LogP contribution in [0.1, 0.15) is 10.4 Å². The zero-order chi connectivity index (χ0) is 11.4. The van der Waals surface area contributed by atoms with Gasteiger partial charge in [0.2, 0.25) is 0 Å². The van der Waals surface area contributed by atoms with Crippen LogP contribution in [0.2, 0.25) is 0 Å². The monoisotopic (exact) mass is 226 g/mol. The number of hydrogen-bond acceptors (Lipinski definition) is 5. The van der Waals surface area contributed by atoms with Gasteiger partial charge in [0.25, 0.3) is 5.78 Å². The Balaban J connectivity index is 2.85. The van der Waals surface area contributed by atoms with Crippen LogP contribution < -0.4 is 0 Å². The van der Waals surface area contributed by atoms with E-state index in [0.29, 0.717) is 4.88 Å². The van der Waals surface area contributed by atoms with E-state index in [1.165, 1.54) is 11.3 Å². The molecule has 15 heavy (non-hydrogen) atoms. The molecule has 1 heterocycles. The molecular weight excluding hydrogens is 216 g/mol. The molecule has 5 heteroatoms. The summed E-state index contributed by atoms with van der Waals surface area (Å²) >= 11 is 1.30. The number of carbonyl (C=O) groups excluding carboxylic acids is 2. The minimum absolute atomic E-state index is 0.219. The van der Waals surface area contributed by atoms with Crippen molar-refractivity contribution in [1.82, 2.24) is 0 Å². The highest BCUT2D eigenvalue weighted by Crippen LogP contribution is 2.20. The summed E-state index contributed by atoms with van der Waals surface area (Å²) in [5, 5.41) is 11.3. The van der Waals surface area contributed by atoms with Crippen molar-refractivity contribution in [3.63, 3.8) is 0 Å². The van der Waals surface area contributed by atoms with Crippen LogP contribution in [-0.2, 0) is 14.3 Å². The second-order valence-corrected chi connectivity index (χ2v) is 3.78. The van der Waals surface area contributed by atoms with E-state index in [9.17, 15) is 14.7 Å². The predicted molar refractivity (Wildman–Crippen MR) is 56.7 cm³/mol. The maximum Gasteiger partial charge on any atom is 0.378 e. The standard InChI is InChI=1S/C10H10O4S/c1-6-3-9(15-5-6)7(11)4-8(12)10(13)14-2/h3-5,11H,1-2H3. The summed E-state index contributed by atoms with van der Waals surface area (Å²) < 4.78 is 4.21. The Morgan fingerprint density at radius 3 is 2.67 bits per heavy atom. The number of aliphatic hydroxyl groups is 1. The number of hydrogen-bond donors (Lipinski definition) is 1. The molecule has 0 bridgehead atoms. The lowest BCUT2D eigenvalue weighted by Crippen LogP contribution is -2.12. The average molecular weight is 226 g/mol. The van der Waals surface area contributed by atoms with Gasteiger partial charge in [0, 0.05) is 6.08 Å². The smallest absolute Gasteiger partial charge is 0.378 e. The van der Waals surface area contributed by atoms with E-state index in [1.54, 1.807) is 6.07 Å². The first-order valence-corrected chi connectivity index (χ1v) is 5.01. The van der Waals surface area contributed by atoms with Gasteiger partial charge in [-0.1, -0.05) is 0 Å². The minimum atomic E-state index is -0.991. The van der Waals surface area contributed by atoms with Gasteiger partial charge >= 0.3 is 5.97 Å². The normalized spacial score (nSPS) is 11.2. The Labute approximate surface area is 90.8 Å². The van der Waals surface area contributed by atoms with Crippen molar-refractivity contribution in [3.05, 3.63) is 28.0 Å². The Hall–Kier alpha value is -1.62. The molecule has 0 atom stereocenters. The lowest BCUT2D eigenvalue weighted by molar-refractivity contribution is -0.149. The molecule has 0 aliphatic carbocycles. The average Bonchev–Trinajstić information content (AvgIpc) is 2.63. The summed E-state index contributed by atoms with van der Waals surface area (Å²) in [5.74, 6) is -2.08. The SMILES string of the molecule is COC(=O)C(=O)C=C(O)c1cc(C)cs1. The zero-order valence-corrected chi connectivity index (χ0v) is 9.13. The van der Waals surface area contributed by atoms with Crippen molar-refractivity contribution in [2.45, 2.75) is 6.92 Å². The first-order chi connectivity index (χ1) is 7.04. The van der Waals surface area contributed by atoms with Crippen LogP contribution in [0.5, 0.6) is 0 Å². The molecule has 0 aliphatic heterocycles. The van der Waals surface area contributed by atoms with Crippen LogP contribution in [0.15, 0.2) is 17.5 Å². The van der Waals surface area contributed by atoms with E-state index in [2.05, 4.69) is 4.74 Å². The highest BCUT2D eigenvalue weighted by Gasteiger charge is 2.13. The Morgan fingerprint density at radius 2 is 2.20 bits per heavy atom. The molecule has 1 N–H and O–H groups in total. The van der Waals surface area contributed by atoms with Crippen LogP contribution in [0.25, 0.3) is 5.76 Å². The van der Waals surface area contributed by atoms with E-state index in [1.807, 2.05) is 12.3 Å². The molecule has 0 fully saturated rings. The van der Waals surface area contributed by atoms with Crippen molar-refractivity contribution >= 4 is 28.8 Å². The maximum atomic E-state index is 11.1. The van der Waals surface area contributed by atoms with E-state index in [-0.39, 0.29) is 5.76 Å². The van der Waals surface area contributed by atoms with E-state index in [4.69, 9.17) is 0 Å². The van der Waals surface area contributed by atoms with Crippen molar-refractivity contribution in [1.29, 1.82) is 0 Å². The number of ketones is 1. The van der Waals surface area contributed by atoms with Crippen LogP contribution in [0.3, 0.4) is 0 Å². The molecular formula is C10H10O4S. The van der Waals surface area contributed by atoms with Crippen molar-refractivity contribution in [2.24, 2.45) is 0 Å². The number of rotatable bonds is 3. The van der Waals surface area contributed by atoms with Crippen LogP contribution in [0.4, 0.5) is 0 Å². The third-order valence-corrected chi connectivity index (χ3v) is 2.71. The second kappa shape index (κ2) is 4.75. The van der Waals surface area contributed by atoms with E-state index in [0.717, 1.165) is 18.7 Å². The summed E-state index contributed by atoms with van der Waals surface area (Å²) in [5.41, 5.74) is 0.987. The molecule has 4 nitrogen and oxygen atoms in total. The van der Waals surface area contributed by atoms with Gasteiger partial charge in [-0.25, -0.2) is 4.79 Å². The summed E-state index contributed by atoms with van der Waals surface area (Å²) in [4.78, 5) is 22.4. The van der Waals surface area contributed by atoms with Crippen LogP contribution >= 0.6 is 11.3 Å². The second-order valence-electron chi connectivity index (χ2n) is 2.87. The number of carbonyl (C=O) groups is 2. The summed E-state index contributed by atoms with van der Waals surface area (Å²) in [6.07, 6.45) is 0.858. The number of thiophene rings is 1. The predicted octanol–water partition coefficient (Wildman–Crippen LogP) is 1.70. The number of ether oxygens (including phenoxy) is 1. The van der Waals surface area contributed by atoms with E-state index < -0.39 is 11.8 Å². The molecule has 80 valence electrons. The van der Waals surface area contributed by atoms with Gasteiger partial charge in [-0.2, -0.15) is 0 Å². The summed E-state index contributed by atoms with van der Waals surface area (Å²) in [6.45, 7) is 1.87. The van der Waals surface area contributed by atoms with Gasteiger partial charge < -0.3 is 9.84 Å². The largest absolute Gasteiger partial charge is 0.506 e. The highest BCUT2D eigenvalue weighted by atomic mass is 32.1. The molecule has 0 spiro atoms. The van der Waals surface area contributed by atoms with Crippen LogP contribution in [-0.4, -0.2) is 24.0 Å². The molecule has 1 rings (SSSR count). The molecule has 0 saturated carbocycles. The number of aliphatic hydroxyl groups excluding tert-OH is 1. The van der Waals surface area contributed by atoms with Crippen molar-refractivity contribution in [3.8, 4) is 0 Å². The fourth-order valence-electron chi connectivity index (χ4n) is 0.920. The highest BCUT2D eigenvalue weighted by molar-refractivity contribution is 7.11. The first kappa shape index (κ1) is 11.5. The third kappa shape index (κ3) is 2.92. The van der Waals surface area contributed by atoms with Gasteiger partial charge in [0.15, 0.2) is 0 Å². The molecule has 0 saturated heterocycles. The molecule has 0 aromatic carbocycles. The molecule has 1 aromatic rings. The molecule has 0 radical (unpaired) electrons. The number of aryl methyl sites for hydroxylation is 1. The topological polar surface area (TPSA) is 63.6 Å². The lowest BCUT2D eigenvalue weighted by Gasteiger charge is -1.95. The third-order valence-electron chi connectivity index (χ3n) is 1.64. The van der Waals surface area contributed by atoms with E-state index >= 15 is 0 Å². The summed E-state index contributed by atoms with van der Waals surface area (Å²) in [6, 6.07) is 1.72. The van der Waals surface area contributed by atoms with Crippen molar-refractivity contribution < 1.29 is 19.4 Å². The fourth-order valence-corrected chi connectivity index (χ4v) is 1.73. The Kier molecular flexibility index (Phi) is 3.62. The van der Waals surface area contributed by atoms with Gasteiger partial charge in [-0.3, -0.25) is 4.79 Å². The Morgan fingerprint density at radius 1 is 1.53 bits per heavy atom. The van der Waals surface area contributed by atoms with Gasteiger partial charge in [0.05, 0.1) is 12.0 Å². The number of methoxy groups -OCH3 is 1. The fraction of sp³-hybridized carbons (Fsp3) is 0.200. The number of esters is 1. The van der Waals surface area contributed by atoms with Crippen molar-refractivity contribution in [2.75, 3.05) is 7.11 Å². The quantitative estimate of drug-likeness (QED) is 0.369. The lowest BCUT2D eigenvalue weighted by atomic mass is 10.2. The zero-order valence-electron chi connectivity index (χ0n) is 8.31. The maximum absolute atomic E-state index is 11.1. The van der Waals surface area contributed by atoms with Gasteiger partial charge in [-0.05, 0) is 23.9 Å². The summed E-state index contributed by atoms with van der Waals surface area (Å²) in [7, 11) is 1.11. The first-order valence-electron chi connectivity index (χ1n) is 4.13.